The van der Waals surface area contributed by atoms with Crippen molar-refractivity contribution >= 4 is 27.6 Å². The van der Waals surface area contributed by atoms with Crippen molar-refractivity contribution in [3.05, 3.63) is 36.0 Å². The van der Waals surface area contributed by atoms with Gasteiger partial charge in [0.1, 0.15) is 17.7 Å². The van der Waals surface area contributed by atoms with Gasteiger partial charge in [-0.2, -0.15) is 5.26 Å². The SMILES string of the molecule is CC(C)CC(N/C=C(/C#N)C(=O)Nc1ccc(S(N)(=O)=O)cc1)C(=O)O. The second kappa shape index (κ2) is 8.98. The zero-order chi connectivity index (χ0) is 19.9. The molecule has 0 spiro atoms. The minimum atomic E-state index is -3.85. The maximum absolute atomic E-state index is 12.1. The Labute approximate surface area is 151 Å². The number of benzene rings is 1. The van der Waals surface area contributed by atoms with Crippen LogP contribution in [-0.4, -0.2) is 31.4 Å². The van der Waals surface area contributed by atoms with Crippen LogP contribution in [0.4, 0.5) is 5.69 Å². The molecule has 1 unspecified atom stereocenters. The molecule has 0 saturated carbocycles. The van der Waals surface area contributed by atoms with Gasteiger partial charge in [-0.05, 0) is 36.6 Å². The number of hydrogen-bond donors (Lipinski definition) is 4. The molecule has 0 fully saturated rings. The number of carbonyl (C=O) groups is 2. The van der Waals surface area contributed by atoms with E-state index in [-0.39, 0.29) is 22.1 Å². The molecule has 0 radical (unpaired) electrons. The third-order valence-corrected chi connectivity index (χ3v) is 4.17. The molecule has 0 saturated heterocycles. The number of carboxylic acids is 1. The van der Waals surface area contributed by atoms with E-state index in [0.29, 0.717) is 6.42 Å². The highest BCUT2D eigenvalue weighted by Gasteiger charge is 2.18. The third-order valence-electron chi connectivity index (χ3n) is 3.24. The normalized spacial score (nSPS) is 13.0. The molecule has 0 bridgehead atoms. The van der Waals surface area contributed by atoms with Gasteiger partial charge in [-0.1, -0.05) is 13.8 Å². The van der Waals surface area contributed by atoms with Crippen molar-refractivity contribution in [1.82, 2.24) is 5.32 Å². The number of primary sulfonamides is 1. The zero-order valence-electron chi connectivity index (χ0n) is 14.3. The third kappa shape index (κ3) is 6.54. The van der Waals surface area contributed by atoms with Crippen LogP contribution in [0.25, 0.3) is 0 Å². The van der Waals surface area contributed by atoms with Crippen LogP contribution in [0.2, 0.25) is 0 Å². The summed E-state index contributed by atoms with van der Waals surface area (Å²) >= 11 is 0. The Kier molecular flexibility index (Phi) is 7.30. The predicted molar refractivity (Wildman–Crippen MR) is 94.2 cm³/mol. The van der Waals surface area contributed by atoms with E-state index in [0.717, 1.165) is 6.20 Å². The molecule has 26 heavy (non-hydrogen) atoms. The van der Waals surface area contributed by atoms with E-state index in [9.17, 15) is 18.0 Å². The second-order valence-electron chi connectivity index (χ2n) is 5.88. The Hall–Kier alpha value is -2.90. The smallest absolute Gasteiger partial charge is 0.326 e. The van der Waals surface area contributed by atoms with Crippen molar-refractivity contribution in [2.75, 3.05) is 5.32 Å². The number of nitriles is 1. The van der Waals surface area contributed by atoms with E-state index < -0.39 is 27.9 Å². The Morgan fingerprint density at radius 2 is 1.88 bits per heavy atom. The van der Waals surface area contributed by atoms with E-state index in [1.807, 2.05) is 13.8 Å². The zero-order valence-corrected chi connectivity index (χ0v) is 15.1. The van der Waals surface area contributed by atoms with Crippen LogP contribution in [-0.2, 0) is 19.6 Å². The molecule has 1 aromatic carbocycles. The number of anilines is 1. The summed E-state index contributed by atoms with van der Waals surface area (Å²) < 4.78 is 22.4. The molecule has 1 aromatic rings. The van der Waals surface area contributed by atoms with E-state index >= 15 is 0 Å². The minimum absolute atomic E-state index is 0.105. The molecule has 0 heterocycles. The Balaban J connectivity index is 2.85. The summed E-state index contributed by atoms with van der Waals surface area (Å²) in [6.45, 7) is 3.70. The lowest BCUT2D eigenvalue weighted by molar-refractivity contribution is -0.139. The standard InChI is InChI=1S/C16H20N4O5S/c1-10(2)7-14(16(22)23)19-9-11(8-17)15(21)20-12-3-5-13(6-4-12)26(18,24)25/h3-6,9-10,14,19H,7H2,1-2H3,(H,20,21)(H,22,23)(H2,18,24,25)/b11-9-. The Morgan fingerprint density at radius 1 is 1.31 bits per heavy atom. The number of carbonyl (C=O) groups excluding carboxylic acids is 1. The topological polar surface area (TPSA) is 162 Å². The molecule has 0 aliphatic heterocycles. The molecule has 0 aliphatic carbocycles. The summed E-state index contributed by atoms with van der Waals surface area (Å²) in [6, 6.07) is 5.81. The molecule has 5 N–H and O–H groups in total. The van der Waals surface area contributed by atoms with Crippen LogP contribution in [0.15, 0.2) is 40.9 Å². The molecule has 0 aliphatic rings. The van der Waals surface area contributed by atoms with E-state index in [1.54, 1.807) is 6.07 Å². The first-order valence-corrected chi connectivity index (χ1v) is 9.12. The molecule has 1 rings (SSSR count). The molecule has 0 aromatic heterocycles. The van der Waals surface area contributed by atoms with Gasteiger partial charge in [-0.3, -0.25) is 4.79 Å². The van der Waals surface area contributed by atoms with E-state index in [2.05, 4.69) is 10.6 Å². The quantitative estimate of drug-likeness (QED) is 0.382. The maximum Gasteiger partial charge on any atom is 0.326 e. The molecular weight excluding hydrogens is 360 g/mol. The van der Waals surface area contributed by atoms with Gasteiger partial charge in [0.05, 0.1) is 4.90 Å². The highest BCUT2D eigenvalue weighted by atomic mass is 32.2. The summed E-state index contributed by atoms with van der Waals surface area (Å²) in [7, 11) is -3.85. The van der Waals surface area contributed by atoms with Crippen molar-refractivity contribution in [2.24, 2.45) is 11.1 Å². The summed E-state index contributed by atoms with van der Waals surface area (Å²) in [5, 5.41) is 28.2. The average Bonchev–Trinajstić information content (AvgIpc) is 2.53. The number of rotatable bonds is 8. The molecule has 1 amide bonds. The fraction of sp³-hybridized carbons (Fsp3) is 0.312. The predicted octanol–water partition coefficient (Wildman–Crippen LogP) is 0.769. The fourth-order valence-corrected chi connectivity index (χ4v) is 2.49. The van der Waals surface area contributed by atoms with Gasteiger partial charge in [-0.25, -0.2) is 18.4 Å². The lowest BCUT2D eigenvalue weighted by Crippen LogP contribution is -2.35. The summed E-state index contributed by atoms with van der Waals surface area (Å²) in [4.78, 5) is 23.2. The van der Waals surface area contributed by atoms with Gasteiger partial charge in [-0.15, -0.1) is 0 Å². The van der Waals surface area contributed by atoms with Gasteiger partial charge in [0, 0.05) is 11.9 Å². The molecular formula is C16H20N4O5S. The number of carboxylic acid groups (broad SMARTS) is 1. The van der Waals surface area contributed by atoms with Crippen LogP contribution in [0.5, 0.6) is 0 Å². The number of nitrogens with two attached hydrogens (primary N) is 1. The van der Waals surface area contributed by atoms with Crippen LogP contribution in [0.1, 0.15) is 20.3 Å². The van der Waals surface area contributed by atoms with Gasteiger partial charge in [0.15, 0.2) is 0 Å². The van der Waals surface area contributed by atoms with Crippen LogP contribution in [0.3, 0.4) is 0 Å². The van der Waals surface area contributed by atoms with Crippen molar-refractivity contribution in [1.29, 1.82) is 5.26 Å². The lowest BCUT2D eigenvalue weighted by Gasteiger charge is -2.15. The van der Waals surface area contributed by atoms with Crippen LogP contribution in [0, 0.1) is 17.2 Å². The van der Waals surface area contributed by atoms with Gasteiger partial charge < -0.3 is 15.7 Å². The summed E-state index contributed by atoms with van der Waals surface area (Å²) in [6.07, 6.45) is 1.37. The van der Waals surface area contributed by atoms with Gasteiger partial charge in [0.25, 0.3) is 5.91 Å². The van der Waals surface area contributed by atoms with Crippen molar-refractivity contribution in [3.8, 4) is 6.07 Å². The number of hydrogen-bond acceptors (Lipinski definition) is 6. The first-order chi connectivity index (χ1) is 12.0. The molecule has 9 nitrogen and oxygen atoms in total. The Bertz CT molecular complexity index is 838. The molecule has 140 valence electrons. The van der Waals surface area contributed by atoms with Crippen LogP contribution < -0.4 is 15.8 Å². The number of sulfonamides is 1. The second-order valence-corrected chi connectivity index (χ2v) is 7.44. The number of aliphatic carboxylic acids is 1. The number of nitrogens with zero attached hydrogens (tertiary/aromatic N) is 1. The number of nitrogens with one attached hydrogen (secondary N) is 2. The summed E-state index contributed by atoms with van der Waals surface area (Å²) in [5.41, 5.74) is -0.0731. The van der Waals surface area contributed by atoms with Crippen molar-refractivity contribution in [2.45, 2.75) is 31.2 Å². The lowest BCUT2D eigenvalue weighted by atomic mass is 10.0. The van der Waals surface area contributed by atoms with Crippen molar-refractivity contribution in [3.63, 3.8) is 0 Å². The maximum atomic E-state index is 12.1. The van der Waals surface area contributed by atoms with E-state index in [4.69, 9.17) is 15.5 Å². The van der Waals surface area contributed by atoms with Crippen LogP contribution >= 0.6 is 0 Å². The highest BCUT2D eigenvalue weighted by Crippen LogP contribution is 2.13. The highest BCUT2D eigenvalue weighted by molar-refractivity contribution is 7.89. The molecule has 1 atom stereocenters. The summed E-state index contributed by atoms with van der Waals surface area (Å²) in [5.74, 6) is -1.75. The van der Waals surface area contributed by atoms with Crippen molar-refractivity contribution < 1.29 is 23.1 Å². The monoisotopic (exact) mass is 380 g/mol. The fourth-order valence-electron chi connectivity index (χ4n) is 1.97. The van der Waals surface area contributed by atoms with Gasteiger partial charge in [0.2, 0.25) is 10.0 Å². The van der Waals surface area contributed by atoms with Gasteiger partial charge >= 0.3 is 5.97 Å². The largest absolute Gasteiger partial charge is 0.480 e. The molecule has 10 heteroatoms. The first kappa shape index (κ1) is 21.1. The minimum Gasteiger partial charge on any atom is -0.480 e. The Morgan fingerprint density at radius 3 is 2.31 bits per heavy atom. The number of amides is 1. The first-order valence-electron chi connectivity index (χ1n) is 7.58. The van der Waals surface area contributed by atoms with E-state index in [1.165, 1.54) is 24.3 Å². The average molecular weight is 380 g/mol.